The van der Waals surface area contributed by atoms with Crippen LogP contribution in [0.3, 0.4) is 0 Å². The normalized spacial score (nSPS) is 15.3. The minimum atomic E-state index is -0.235. The van der Waals surface area contributed by atoms with Gasteiger partial charge in [0.25, 0.3) is 5.91 Å². The third-order valence-corrected chi connectivity index (χ3v) is 3.76. The number of nitrogens with zero attached hydrogens (tertiary/aromatic N) is 2. The summed E-state index contributed by atoms with van der Waals surface area (Å²) in [6.45, 7) is 3.19. The average molecular weight is 285 g/mol. The molecule has 2 rings (SSSR count). The summed E-state index contributed by atoms with van der Waals surface area (Å²) in [5.74, 6) is -0.184. The zero-order valence-corrected chi connectivity index (χ0v) is 12.1. The molecule has 1 aromatic rings. The Kier molecular flexibility index (Phi) is 4.94. The SMILES string of the molecule is Cc1ccccc1C(=O)N1CCC(NC(=O)CC#N)CC1. The Morgan fingerprint density at radius 3 is 2.62 bits per heavy atom. The van der Waals surface area contributed by atoms with Gasteiger partial charge in [-0.3, -0.25) is 9.59 Å². The maximum absolute atomic E-state index is 12.4. The lowest BCUT2D eigenvalue weighted by atomic mass is 10.0. The number of nitriles is 1. The van der Waals surface area contributed by atoms with E-state index in [2.05, 4.69) is 5.32 Å². The van der Waals surface area contributed by atoms with Crippen LogP contribution in [0.4, 0.5) is 0 Å². The number of carbonyl (C=O) groups is 2. The Balaban J connectivity index is 1.90. The second kappa shape index (κ2) is 6.89. The van der Waals surface area contributed by atoms with Gasteiger partial charge in [0.15, 0.2) is 0 Å². The minimum absolute atomic E-state index is 0.0508. The largest absolute Gasteiger partial charge is 0.352 e. The molecule has 5 heteroatoms. The Morgan fingerprint density at radius 2 is 2.00 bits per heavy atom. The number of nitrogens with one attached hydrogen (secondary N) is 1. The van der Waals surface area contributed by atoms with E-state index in [0.29, 0.717) is 13.1 Å². The quantitative estimate of drug-likeness (QED) is 0.917. The lowest BCUT2D eigenvalue weighted by Gasteiger charge is -2.32. The van der Waals surface area contributed by atoms with Gasteiger partial charge in [-0.05, 0) is 31.4 Å². The van der Waals surface area contributed by atoms with Crippen molar-refractivity contribution in [3.8, 4) is 6.07 Å². The first-order chi connectivity index (χ1) is 10.1. The number of rotatable bonds is 3. The molecular formula is C16H19N3O2. The number of aryl methyl sites for hydroxylation is 1. The summed E-state index contributed by atoms with van der Waals surface area (Å²) in [7, 11) is 0. The van der Waals surface area contributed by atoms with Gasteiger partial charge >= 0.3 is 0 Å². The predicted molar refractivity (Wildman–Crippen MR) is 78.5 cm³/mol. The summed E-state index contributed by atoms with van der Waals surface area (Å²) in [5, 5.41) is 11.3. The molecule has 1 heterocycles. The molecule has 0 radical (unpaired) electrons. The average Bonchev–Trinajstić information content (AvgIpc) is 2.48. The van der Waals surface area contributed by atoms with Gasteiger partial charge in [0, 0.05) is 24.7 Å². The van der Waals surface area contributed by atoms with Gasteiger partial charge in [0.1, 0.15) is 6.42 Å². The zero-order valence-electron chi connectivity index (χ0n) is 12.1. The highest BCUT2D eigenvalue weighted by Gasteiger charge is 2.25. The molecule has 21 heavy (non-hydrogen) atoms. The van der Waals surface area contributed by atoms with E-state index in [1.165, 1.54) is 0 Å². The van der Waals surface area contributed by atoms with E-state index in [1.807, 2.05) is 42.2 Å². The molecular weight excluding hydrogens is 266 g/mol. The third-order valence-electron chi connectivity index (χ3n) is 3.76. The van der Waals surface area contributed by atoms with Gasteiger partial charge in [-0.15, -0.1) is 0 Å². The Bertz CT molecular complexity index is 569. The Labute approximate surface area is 124 Å². The second-order valence-electron chi connectivity index (χ2n) is 5.28. The fourth-order valence-electron chi connectivity index (χ4n) is 2.56. The molecule has 2 amide bonds. The molecule has 1 saturated heterocycles. The van der Waals surface area contributed by atoms with Crippen LogP contribution in [0.25, 0.3) is 0 Å². The lowest BCUT2D eigenvalue weighted by Crippen LogP contribution is -2.46. The molecule has 0 aliphatic carbocycles. The smallest absolute Gasteiger partial charge is 0.254 e. The molecule has 1 aliphatic heterocycles. The van der Waals surface area contributed by atoms with E-state index in [4.69, 9.17) is 5.26 Å². The summed E-state index contributed by atoms with van der Waals surface area (Å²) in [5.41, 5.74) is 1.72. The van der Waals surface area contributed by atoms with E-state index in [0.717, 1.165) is 24.0 Å². The first-order valence-electron chi connectivity index (χ1n) is 7.13. The molecule has 0 spiro atoms. The molecule has 0 bridgehead atoms. The van der Waals surface area contributed by atoms with Crippen molar-refractivity contribution in [1.82, 2.24) is 10.2 Å². The number of hydrogen-bond donors (Lipinski definition) is 1. The Hall–Kier alpha value is -2.35. The van der Waals surface area contributed by atoms with Crippen LogP contribution in [0.2, 0.25) is 0 Å². The zero-order chi connectivity index (χ0) is 15.2. The van der Waals surface area contributed by atoms with E-state index in [-0.39, 0.29) is 24.3 Å². The number of likely N-dealkylation sites (tertiary alicyclic amines) is 1. The van der Waals surface area contributed by atoms with Crippen LogP contribution in [-0.2, 0) is 4.79 Å². The first-order valence-corrected chi connectivity index (χ1v) is 7.13. The molecule has 5 nitrogen and oxygen atoms in total. The highest BCUT2D eigenvalue weighted by Crippen LogP contribution is 2.16. The van der Waals surface area contributed by atoms with E-state index in [9.17, 15) is 9.59 Å². The standard InChI is InChI=1S/C16H19N3O2/c1-12-4-2-3-5-14(12)16(21)19-10-7-13(8-11-19)18-15(20)6-9-17/h2-5,13H,6-8,10-11H2,1H3,(H,18,20). The highest BCUT2D eigenvalue weighted by molar-refractivity contribution is 5.95. The fourth-order valence-corrected chi connectivity index (χ4v) is 2.56. The summed E-state index contributed by atoms with van der Waals surface area (Å²) >= 11 is 0. The molecule has 1 fully saturated rings. The minimum Gasteiger partial charge on any atom is -0.352 e. The topological polar surface area (TPSA) is 73.2 Å². The third kappa shape index (κ3) is 3.82. The van der Waals surface area contributed by atoms with Crippen LogP contribution in [0, 0.1) is 18.3 Å². The van der Waals surface area contributed by atoms with Crippen molar-refractivity contribution in [3.05, 3.63) is 35.4 Å². The van der Waals surface area contributed by atoms with Crippen LogP contribution in [0.15, 0.2) is 24.3 Å². The molecule has 0 saturated carbocycles. The summed E-state index contributed by atoms with van der Waals surface area (Å²) in [6.07, 6.45) is 1.35. The van der Waals surface area contributed by atoms with Gasteiger partial charge in [0.2, 0.25) is 5.91 Å². The van der Waals surface area contributed by atoms with Crippen molar-refractivity contribution in [2.24, 2.45) is 0 Å². The summed E-state index contributed by atoms with van der Waals surface area (Å²) < 4.78 is 0. The monoisotopic (exact) mass is 285 g/mol. The van der Waals surface area contributed by atoms with Gasteiger partial charge < -0.3 is 10.2 Å². The molecule has 1 aromatic carbocycles. The van der Waals surface area contributed by atoms with Crippen molar-refractivity contribution >= 4 is 11.8 Å². The first kappa shape index (κ1) is 15.0. The van der Waals surface area contributed by atoms with Crippen molar-refractivity contribution < 1.29 is 9.59 Å². The van der Waals surface area contributed by atoms with Crippen LogP contribution in [0.1, 0.15) is 35.2 Å². The number of hydrogen-bond acceptors (Lipinski definition) is 3. The van der Waals surface area contributed by atoms with Crippen LogP contribution < -0.4 is 5.32 Å². The number of carbonyl (C=O) groups excluding carboxylic acids is 2. The molecule has 1 N–H and O–H groups in total. The maximum Gasteiger partial charge on any atom is 0.254 e. The van der Waals surface area contributed by atoms with Crippen LogP contribution in [-0.4, -0.2) is 35.8 Å². The van der Waals surface area contributed by atoms with Crippen molar-refractivity contribution in [1.29, 1.82) is 5.26 Å². The van der Waals surface area contributed by atoms with Gasteiger partial charge in [0.05, 0.1) is 6.07 Å². The summed E-state index contributed by atoms with van der Waals surface area (Å²) in [4.78, 5) is 25.7. The number of amides is 2. The van der Waals surface area contributed by atoms with Gasteiger partial charge in [-0.1, -0.05) is 18.2 Å². The maximum atomic E-state index is 12.4. The van der Waals surface area contributed by atoms with E-state index >= 15 is 0 Å². The number of piperidine rings is 1. The van der Waals surface area contributed by atoms with E-state index in [1.54, 1.807) is 0 Å². The van der Waals surface area contributed by atoms with Crippen molar-refractivity contribution in [2.45, 2.75) is 32.2 Å². The van der Waals surface area contributed by atoms with Crippen molar-refractivity contribution in [3.63, 3.8) is 0 Å². The van der Waals surface area contributed by atoms with Crippen LogP contribution in [0.5, 0.6) is 0 Å². The predicted octanol–water partition coefficient (Wildman–Crippen LogP) is 1.63. The molecule has 0 atom stereocenters. The highest BCUT2D eigenvalue weighted by atomic mass is 16.2. The molecule has 0 aromatic heterocycles. The molecule has 110 valence electrons. The molecule has 0 unspecified atom stereocenters. The van der Waals surface area contributed by atoms with Gasteiger partial charge in [-0.2, -0.15) is 5.26 Å². The molecule has 1 aliphatic rings. The lowest BCUT2D eigenvalue weighted by molar-refractivity contribution is -0.121. The van der Waals surface area contributed by atoms with Crippen LogP contribution >= 0.6 is 0 Å². The van der Waals surface area contributed by atoms with Gasteiger partial charge in [-0.25, -0.2) is 0 Å². The number of benzene rings is 1. The fraction of sp³-hybridized carbons (Fsp3) is 0.438. The van der Waals surface area contributed by atoms with Crippen molar-refractivity contribution in [2.75, 3.05) is 13.1 Å². The summed E-state index contributed by atoms with van der Waals surface area (Å²) in [6, 6.07) is 9.47. The Morgan fingerprint density at radius 1 is 1.33 bits per heavy atom. The second-order valence-corrected chi connectivity index (χ2v) is 5.28. The van der Waals surface area contributed by atoms with E-state index < -0.39 is 0 Å².